The lowest BCUT2D eigenvalue weighted by Gasteiger charge is -1.96. The van der Waals surface area contributed by atoms with E-state index in [1.54, 1.807) is 0 Å². The molecular weight excluding hydrogens is 254 g/mol. The zero-order valence-electron chi connectivity index (χ0n) is 7.02. The van der Waals surface area contributed by atoms with Gasteiger partial charge in [0.05, 0.1) is 0 Å². The Morgan fingerprint density at radius 2 is 1.80 bits per heavy atom. The predicted molar refractivity (Wildman–Crippen MR) is 48.1 cm³/mol. The van der Waals surface area contributed by atoms with Crippen LogP contribution in [0.15, 0.2) is 23.1 Å². The maximum atomic E-state index is 12.6. The van der Waals surface area contributed by atoms with E-state index in [2.05, 4.69) is 0 Å². The first kappa shape index (κ1) is 13.8. The zero-order chi connectivity index (χ0) is 12.1. The van der Waals surface area contributed by atoms with Crippen molar-refractivity contribution in [2.75, 3.05) is 0 Å². The minimum atomic E-state index is -4.12. The van der Waals surface area contributed by atoms with Gasteiger partial charge in [0.25, 0.3) is 15.5 Å². The van der Waals surface area contributed by atoms with Gasteiger partial charge >= 0.3 is 0 Å². The molecule has 0 aliphatic carbocycles. The van der Waals surface area contributed by atoms with Crippen LogP contribution in [-0.4, -0.2) is 20.0 Å². The van der Waals surface area contributed by atoms with Crippen molar-refractivity contribution in [1.29, 1.82) is 0 Å². The summed E-state index contributed by atoms with van der Waals surface area (Å²) in [5.74, 6) is -2.04. The minimum Gasteiger partial charge on any atom is -0.483 e. The molecule has 0 fully saturated rings. The van der Waals surface area contributed by atoms with E-state index < -0.39 is 25.6 Å². The van der Waals surface area contributed by atoms with Crippen LogP contribution < -0.4 is 0 Å². The molecule has 84 valence electrons. The van der Waals surface area contributed by atoms with Gasteiger partial charge in [-0.3, -0.25) is 4.79 Å². The summed E-state index contributed by atoms with van der Waals surface area (Å²) in [6.07, 6.45) is 0. The molecular formula is C7H5ClF2O4S. The van der Waals surface area contributed by atoms with Gasteiger partial charge in [-0.1, -0.05) is 0 Å². The first-order chi connectivity index (χ1) is 6.82. The maximum Gasteiger partial charge on any atom is 0.290 e. The monoisotopic (exact) mass is 258 g/mol. The number of carbonyl (C=O) groups is 1. The van der Waals surface area contributed by atoms with Crippen LogP contribution in [0.4, 0.5) is 8.78 Å². The Labute approximate surface area is 88.5 Å². The molecule has 0 aliphatic rings. The number of hydrogen-bond donors (Lipinski definition) is 1. The highest BCUT2D eigenvalue weighted by Crippen LogP contribution is 2.18. The summed E-state index contributed by atoms with van der Waals surface area (Å²) in [4.78, 5) is 7.64. The van der Waals surface area contributed by atoms with Crippen LogP contribution in [0.5, 0.6) is 0 Å². The van der Waals surface area contributed by atoms with E-state index in [9.17, 15) is 17.2 Å². The fourth-order valence-electron chi connectivity index (χ4n) is 0.673. The van der Waals surface area contributed by atoms with Gasteiger partial charge in [0, 0.05) is 16.7 Å². The molecule has 1 aromatic carbocycles. The fourth-order valence-corrected chi connectivity index (χ4v) is 1.57. The fraction of sp³-hybridized carbons (Fsp3) is 0. The molecule has 15 heavy (non-hydrogen) atoms. The number of rotatable bonds is 1. The van der Waals surface area contributed by atoms with E-state index >= 15 is 0 Å². The second-order valence-corrected chi connectivity index (χ2v) is 4.65. The third-order valence-electron chi connectivity index (χ3n) is 1.16. The Bertz CT molecular complexity index is 446. The summed E-state index contributed by atoms with van der Waals surface area (Å²) in [6, 6.07) is 2.04. The number of hydrogen-bond acceptors (Lipinski definition) is 3. The van der Waals surface area contributed by atoms with Gasteiger partial charge in [0.15, 0.2) is 0 Å². The Hall–Kier alpha value is -1.21. The molecule has 1 rings (SSSR count). The molecule has 0 spiro atoms. The lowest BCUT2D eigenvalue weighted by atomic mass is 10.3. The SMILES string of the molecule is O=CO.O=S(=O)(Cl)c1ccc(F)cc1F. The maximum absolute atomic E-state index is 12.6. The molecule has 0 heterocycles. The average Bonchev–Trinajstić information content (AvgIpc) is 2.02. The molecule has 4 nitrogen and oxygen atoms in total. The third-order valence-corrected chi connectivity index (χ3v) is 2.51. The van der Waals surface area contributed by atoms with Gasteiger partial charge in [-0.05, 0) is 12.1 Å². The van der Waals surface area contributed by atoms with E-state index in [-0.39, 0.29) is 6.47 Å². The van der Waals surface area contributed by atoms with Crippen LogP contribution in [-0.2, 0) is 13.8 Å². The first-order valence-electron chi connectivity index (χ1n) is 3.30. The first-order valence-corrected chi connectivity index (χ1v) is 5.61. The van der Waals surface area contributed by atoms with Crippen molar-refractivity contribution < 1.29 is 27.1 Å². The Morgan fingerprint density at radius 3 is 2.13 bits per heavy atom. The second kappa shape index (κ2) is 5.62. The van der Waals surface area contributed by atoms with Crippen molar-refractivity contribution in [3.05, 3.63) is 29.8 Å². The van der Waals surface area contributed by atoms with Crippen LogP contribution in [0.2, 0.25) is 0 Å². The molecule has 0 amide bonds. The molecule has 0 saturated heterocycles. The van der Waals surface area contributed by atoms with Crippen LogP contribution in [0.3, 0.4) is 0 Å². The minimum absolute atomic E-state index is 0.250. The number of carboxylic acid groups (broad SMARTS) is 1. The highest BCUT2D eigenvalue weighted by atomic mass is 35.7. The smallest absolute Gasteiger partial charge is 0.290 e. The molecule has 0 atom stereocenters. The molecule has 0 aromatic heterocycles. The second-order valence-electron chi connectivity index (χ2n) is 2.12. The molecule has 0 unspecified atom stereocenters. The average molecular weight is 259 g/mol. The van der Waals surface area contributed by atoms with Crippen molar-refractivity contribution in [2.24, 2.45) is 0 Å². The number of benzene rings is 1. The van der Waals surface area contributed by atoms with Crippen LogP contribution >= 0.6 is 10.7 Å². The lowest BCUT2D eigenvalue weighted by molar-refractivity contribution is -0.122. The third kappa shape index (κ3) is 4.71. The lowest BCUT2D eigenvalue weighted by Crippen LogP contribution is -1.95. The van der Waals surface area contributed by atoms with Crippen LogP contribution in [0.25, 0.3) is 0 Å². The normalized spacial score (nSPS) is 10.1. The number of halogens is 3. The highest BCUT2D eigenvalue weighted by molar-refractivity contribution is 8.13. The van der Waals surface area contributed by atoms with Gasteiger partial charge in [0.1, 0.15) is 16.5 Å². The molecule has 1 aromatic rings. The van der Waals surface area contributed by atoms with E-state index in [1.165, 1.54) is 0 Å². The van der Waals surface area contributed by atoms with E-state index in [4.69, 9.17) is 20.6 Å². The largest absolute Gasteiger partial charge is 0.483 e. The Balaban J connectivity index is 0.000000583. The predicted octanol–water partition coefficient (Wildman–Crippen LogP) is 1.59. The van der Waals surface area contributed by atoms with Crippen molar-refractivity contribution in [2.45, 2.75) is 4.90 Å². The highest BCUT2D eigenvalue weighted by Gasteiger charge is 2.15. The molecule has 1 N–H and O–H groups in total. The summed E-state index contributed by atoms with van der Waals surface area (Å²) < 4.78 is 46.0. The van der Waals surface area contributed by atoms with Gasteiger partial charge in [-0.25, -0.2) is 17.2 Å². The van der Waals surface area contributed by atoms with Gasteiger partial charge in [0.2, 0.25) is 0 Å². The summed E-state index contributed by atoms with van der Waals surface area (Å²) in [5, 5.41) is 6.89. The van der Waals surface area contributed by atoms with Gasteiger partial charge in [-0.2, -0.15) is 0 Å². The summed E-state index contributed by atoms with van der Waals surface area (Å²) in [6.45, 7) is -0.250. The van der Waals surface area contributed by atoms with Gasteiger partial charge in [-0.15, -0.1) is 0 Å². The van der Waals surface area contributed by atoms with E-state index in [0.29, 0.717) is 6.07 Å². The van der Waals surface area contributed by atoms with Crippen LogP contribution in [0, 0.1) is 11.6 Å². The standard InChI is InChI=1S/C6H3ClF2O2S.CH2O2/c7-12(10,11)6-2-1-4(8)3-5(6)9;2-1-3/h1-3H;1H,(H,2,3). The van der Waals surface area contributed by atoms with Crippen molar-refractivity contribution >= 4 is 26.2 Å². The molecule has 0 aliphatic heterocycles. The zero-order valence-corrected chi connectivity index (χ0v) is 8.60. The molecule has 0 bridgehead atoms. The molecule has 0 saturated carbocycles. The summed E-state index contributed by atoms with van der Waals surface area (Å²) in [5.41, 5.74) is 0. The molecule has 8 heteroatoms. The van der Waals surface area contributed by atoms with E-state index in [1.807, 2.05) is 0 Å². The quantitative estimate of drug-likeness (QED) is 0.613. The summed E-state index contributed by atoms with van der Waals surface area (Å²) in [7, 11) is 0.706. The Morgan fingerprint density at radius 1 is 1.33 bits per heavy atom. The van der Waals surface area contributed by atoms with E-state index in [0.717, 1.165) is 12.1 Å². The summed E-state index contributed by atoms with van der Waals surface area (Å²) >= 11 is 0. The topological polar surface area (TPSA) is 71.4 Å². The van der Waals surface area contributed by atoms with Crippen LogP contribution in [0.1, 0.15) is 0 Å². The molecule has 0 radical (unpaired) electrons. The Kier molecular flexibility index (Phi) is 5.16. The van der Waals surface area contributed by atoms with Crippen molar-refractivity contribution in [1.82, 2.24) is 0 Å². The van der Waals surface area contributed by atoms with Gasteiger partial charge < -0.3 is 5.11 Å². The van der Waals surface area contributed by atoms with Crippen molar-refractivity contribution in [3.8, 4) is 0 Å². The van der Waals surface area contributed by atoms with Crippen molar-refractivity contribution in [3.63, 3.8) is 0 Å².